The minimum Gasteiger partial charge on any atom is -0.327 e. The van der Waals surface area contributed by atoms with Gasteiger partial charge in [-0.25, -0.2) is 0 Å². The van der Waals surface area contributed by atoms with Crippen molar-refractivity contribution in [3.63, 3.8) is 0 Å². The van der Waals surface area contributed by atoms with Gasteiger partial charge >= 0.3 is 0 Å². The van der Waals surface area contributed by atoms with E-state index in [1.165, 1.54) is 0 Å². The van der Waals surface area contributed by atoms with Gasteiger partial charge < -0.3 is 4.52 Å². The van der Waals surface area contributed by atoms with Crippen LogP contribution in [0.4, 0.5) is 0 Å². The summed E-state index contributed by atoms with van der Waals surface area (Å²) in [7, 11) is 0. The number of nitrogens with zero attached hydrogens (tertiary/aromatic N) is 2. The van der Waals surface area contributed by atoms with Crippen molar-refractivity contribution in [3.8, 4) is 0 Å². The van der Waals surface area contributed by atoms with Crippen LogP contribution in [-0.4, -0.2) is 10.1 Å². The summed E-state index contributed by atoms with van der Waals surface area (Å²) in [5.74, 6) is 0.768. The van der Waals surface area contributed by atoms with Gasteiger partial charge in [0.2, 0.25) is 0 Å². The Morgan fingerprint density at radius 1 is 1.67 bits per heavy atom. The van der Waals surface area contributed by atoms with Crippen LogP contribution in [0.2, 0.25) is 0 Å². The smallest absolute Gasteiger partial charge is 0.293 e. The molecule has 0 unspecified atom stereocenters. The van der Waals surface area contributed by atoms with Gasteiger partial charge in [-0.3, -0.25) is 0 Å². The van der Waals surface area contributed by atoms with Gasteiger partial charge in [-0.2, -0.15) is 4.98 Å². The highest BCUT2D eigenvalue weighted by Crippen LogP contribution is 2.05. The number of aryl methyl sites for hydroxylation is 1. The number of halogens is 1. The highest BCUT2D eigenvalue weighted by Gasteiger charge is 1.99. The zero-order chi connectivity index (χ0) is 6.69. The van der Waals surface area contributed by atoms with Gasteiger partial charge in [0.1, 0.15) is 0 Å². The maximum Gasteiger partial charge on any atom is 0.293 e. The standard InChI is InChI=1S/C5H7BrN2O/c1-2-3-4-7-5(6)9-8-4/h2-3H2,1H3. The Kier molecular flexibility index (Phi) is 2.22. The quantitative estimate of drug-likeness (QED) is 0.715. The molecule has 0 bridgehead atoms. The van der Waals surface area contributed by atoms with Crippen LogP contribution in [0.15, 0.2) is 9.32 Å². The second-order valence-corrected chi connectivity index (χ2v) is 2.39. The van der Waals surface area contributed by atoms with Gasteiger partial charge in [0.15, 0.2) is 5.82 Å². The number of hydrogen-bond acceptors (Lipinski definition) is 3. The van der Waals surface area contributed by atoms with Crippen molar-refractivity contribution in [1.82, 2.24) is 10.1 Å². The molecule has 0 radical (unpaired) electrons. The van der Waals surface area contributed by atoms with Gasteiger partial charge in [0, 0.05) is 22.4 Å². The summed E-state index contributed by atoms with van der Waals surface area (Å²) in [6.07, 6.45) is 1.93. The molecule has 0 spiro atoms. The lowest BCUT2D eigenvalue weighted by molar-refractivity contribution is 0.390. The minimum absolute atomic E-state index is 0.464. The van der Waals surface area contributed by atoms with E-state index >= 15 is 0 Å². The SMILES string of the molecule is CCCc1noc(Br)n1. The van der Waals surface area contributed by atoms with Crippen LogP contribution < -0.4 is 0 Å². The van der Waals surface area contributed by atoms with E-state index in [4.69, 9.17) is 0 Å². The van der Waals surface area contributed by atoms with E-state index in [-0.39, 0.29) is 0 Å². The fourth-order valence-corrected chi connectivity index (χ4v) is 0.835. The van der Waals surface area contributed by atoms with Gasteiger partial charge in [-0.05, 0) is 6.42 Å². The van der Waals surface area contributed by atoms with E-state index < -0.39 is 0 Å². The molecule has 0 amide bonds. The van der Waals surface area contributed by atoms with Crippen LogP contribution in [0.3, 0.4) is 0 Å². The Morgan fingerprint density at radius 2 is 2.44 bits per heavy atom. The summed E-state index contributed by atoms with van der Waals surface area (Å²) in [5.41, 5.74) is 0. The molecule has 0 aliphatic rings. The molecule has 0 saturated heterocycles. The lowest BCUT2D eigenvalue weighted by Crippen LogP contribution is -1.83. The molecule has 0 aliphatic carbocycles. The van der Waals surface area contributed by atoms with Crippen molar-refractivity contribution in [2.75, 3.05) is 0 Å². The third kappa shape index (κ3) is 1.78. The Labute approximate surface area is 61.6 Å². The van der Waals surface area contributed by atoms with Crippen molar-refractivity contribution in [1.29, 1.82) is 0 Å². The molecule has 0 atom stereocenters. The second-order valence-electron chi connectivity index (χ2n) is 1.71. The molecule has 3 nitrogen and oxygen atoms in total. The number of rotatable bonds is 2. The first-order valence-corrected chi connectivity index (χ1v) is 3.60. The molecular weight excluding hydrogens is 184 g/mol. The zero-order valence-corrected chi connectivity index (χ0v) is 6.68. The molecule has 0 saturated carbocycles. The summed E-state index contributed by atoms with van der Waals surface area (Å²) in [5, 5.41) is 3.67. The molecule has 1 aromatic heterocycles. The zero-order valence-electron chi connectivity index (χ0n) is 5.09. The summed E-state index contributed by atoms with van der Waals surface area (Å²) in [4.78, 5) is 4.40. The molecule has 0 aromatic carbocycles. The van der Waals surface area contributed by atoms with Crippen LogP contribution in [0.1, 0.15) is 19.2 Å². The van der Waals surface area contributed by atoms with Crippen molar-refractivity contribution in [3.05, 3.63) is 10.6 Å². The predicted molar refractivity (Wildman–Crippen MR) is 36.0 cm³/mol. The molecular formula is C5H7BrN2O. The Balaban J connectivity index is 2.61. The Morgan fingerprint density at radius 3 is 2.89 bits per heavy atom. The average molecular weight is 191 g/mol. The summed E-state index contributed by atoms with van der Waals surface area (Å²) >= 11 is 3.06. The topological polar surface area (TPSA) is 38.9 Å². The third-order valence-electron chi connectivity index (χ3n) is 0.917. The molecule has 1 rings (SSSR count). The predicted octanol–water partition coefficient (Wildman–Crippen LogP) is 1.78. The van der Waals surface area contributed by atoms with E-state index in [0.717, 1.165) is 18.7 Å². The fraction of sp³-hybridized carbons (Fsp3) is 0.600. The second kappa shape index (κ2) is 2.96. The van der Waals surface area contributed by atoms with Crippen LogP contribution >= 0.6 is 15.9 Å². The largest absolute Gasteiger partial charge is 0.327 e. The summed E-state index contributed by atoms with van der Waals surface area (Å²) in [6.45, 7) is 2.07. The molecule has 0 N–H and O–H groups in total. The highest BCUT2D eigenvalue weighted by atomic mass is 79.9. The fourth-order valence-electron chi connectivity index (χ4n) is 0.558. The number of hydrogen-bond donors (Lipinski definition) is 0. The van der Waals surface area contributed by atoms with Gasteiger partial charge in [-0.1, -0.05) is 12.1 Å². The van der Waals surface area contributed by atoms with E-state index in [0.29, 0.717) is 4.80 Å². The van der Waals surface area contributed by atoms with E-state index in [1.807, 2.05) is 0 Å². The Hall–Kier alpha value is -0.380. The average Bonchev–Trinajstić information content (AvgIpc) is 2.17. The molecule has 0 aliphatic heterocycles. The van der Waals surface area contributed by atoms with Gasteiger partial charge in [-0.15, -0.1) is 0 Å². The first-order valence-electron chi connectivity index (χ1n) is 2.81. The van der Waals surface area contributed by atoms with E-state index in [1.54, 1.807) is 0 Å². The van der Waals surface area contributed by atoms with Crippen LogP contribution in [-0.2, 0) is 6.42 Å². The van der Waals surface area contributed by atoms with Crippen LogP contribution in [0, 0.1) is 0 Å². The maximum atomic E-state index is 4.67. The lowest BCUT2D eigenvalue weighted by atomic mass is 10.3. The number of aromatic nitrogens is 2. The van der Waals surface area contributed by atoms with Gasteiger partial charge in [0.25, 0.3) is 4.80 Å². The monoisotopic (exact) mass is 190 g/mol. The minimum atomic E-state index is 0.464. The first-order chi connectivity index (χ1) is 4.33. The molecule has 1 heterocycles. The van der Waals surface area contributed by atoms with E-state index in [9.17, 15) is 0 Å². The molecule has 50 valence electrons. The summed E-state index contributed by atoms with van der Waals surface area (Å²) < 4.78 is 4.67. The van der Waals surface area contributed by atoms with Crippen molar-refractivity contribution < 1.29 is 4.52 Å². The van der Waals surface area contributed by atoms with E-state index in [2.05, 4.69) is 37.5 Å². The lowest BCUT2D eigenvalue weighted by Gasteiger charge is -1.81. The van der Waals surface area contributed by atoms with Crippen LogP contribution in [0.5, 0.6) is 0 Å². The molecule has 0 fully saturated rings. The highest BCUT2D eigenvalue weighted by molar-refractivity contribution is 9.10. The maximum absolute atomic E-state index is 4.67. The molecule has 1 aromatic rings. The van der Waals surface area contributed by atoms with Gasteiger partial charge in [0.05, 0.1) is 0 Å². The van der Waals surface area contributed by atoms with Crippen molar-refractivity contribution in [2.45, 2.75) is 19.8 Å². The third-order valence-corrected chi connectivity index (χ3v) is 1.24. The molecule has 4 heteroatoms. The van der Waals surface area contributed by atoms with Crippen LogP contribution in [0.25, 0.3) is 0 Å². The first kappa shape index (κ1) is 6.74. The Bertz CT molecular complexity index is 187. The van der Waals surface area contributed by atoms with Crippen molar-refractivity contribution in [2.24, 2.45) is 0 Å². The normalized spacial score (nSPS) is 10.0. The summed E-state index contributed by atoms with van der Waals surface area (Å²) in [6, 6.07) is 0. The molecule has 9 heavy (non-hydrogen) atoms. The van der Waals surface area contributed by atoms with Crippen molar-refractivity contribution >= 4 is 15.9 Å².